The number of benzene rings is 1. The standard InChI is InChI=1S/C18H21N5/c1-13-17(14(2)23(4)21-13)16-10-11-19-18(20-16)22(3)12-15-8-6-5-7-9-15/h5-11H,12H2,1-4H3. The Morgan fingerprint density at radius 3 is 2.48 bits per heavy atom. The molecule has 5 nitrogen and oxygen atoms in total. The first-order chi connectivity index (χ1) is 11.1. The van der Waals surface area contributed by atoms with Crippen molar-refractivity contribution in [1.82, 2.24) is 19.7 Å². The van der Waals surface area contributed by atoms with Crippen LogP contribution in [0.3, 0.4) is 0 Å². The van der Waals surface area contributed by atoms with E-state index in [4.69, 9.17) is 4.98 Å². The van der Waals surface area contributed by atoms with Crippen LogP contribution >= 0.6 is 0 Å². The minimum absolute atomic E-state index is 0.717. The highest BCUT2D eigenvalue weighted by Crippen LogP contribution is 2.25. The van der Waals surface area contributed by atoms with Gasteiger partial charge in [-0.05, 0) is 25.5 Å². The van der Waals surface area contributed by atoms with Gasteiger partial charge in [0, 0.05) is 38.1 Å². The number of nitrogens with zero attached hydrogens (tertiary/aromatic N) is 5. The van der Waals surface area contributed by atoms with Crippen LogP contribution in [-0.4, -0.2) is 26.8 Å². The molecule has 0 amide bonds. The average molecular weight is 307 g/mol. The van der Waals surface area contributed by atoms with Gasteiger partial charge in [0.1, 0.15) is 0 Å². The van der Waals surface area contributed by atoms with Crippen molar-refractivity contribution in [3.8, 4) is 11.3 Å². The van der Waals surface area contributed by atoms with Crippen molar-refractivity contribution in [3.63, 3.8) is 0 Å². The molecular formula is C18H21N5. The maximum absolute atomic E-state index is 4.74. The third kappa shape index (κ3) is 3.08. The van der Waals surface area contributed by atoms with Gasteiger partial charge in [0.05, 0.1) is 11.4 Å². The SMILES string of the molecule is Cc1nn(C)c(C)c1-c1ccnc(N(C)Cc2ccccc2)n1. The van der Waals surface area contributed by atoms with Crippen molar-refractivity contribution >= 4 is 5.95 Å². The minimum atomic E-state index is 0.717. The number of hydrogen-bond acceptors (Lipinski definition) is 4. The van der Waals surface area contributed by atoms with Crippen LogP contribution in [0.15, 0.2) is 42.6 Å². The molecule has 0 bridgehead atoms. The quantitative estimate of drug-likeness (QED) is 0.743. The van der Waals surface area contributed by atoms with E-state index in [1.54, 1.807) is 0 Å². The Kier molecular flexibility index (Phi) is 4.10. The summed E-state index contributed by atoms with van der Waals surface area (Å²) in [5.41, 5.74) is 5.33. The van der Waals surface area contributed by atoms with Crippen LogP contribution in [0.4, 0.5) is 5.95 Å². The van der Waals surface area contributed by atoms with Gasteiger partial charge in [0.15, 0.2) is 0 Å². The first-order valence-electron chi connectivity index (χ1n) is 7.65. The third-order valence-corrected chi connectivity index (χ3v) is 4.01. The van der Waals surface area contributed by atoms with Crippen LogP contribution in [0.25, 0.3) is 11.3 Å². The third-order valence-electron chi connectivity index (χ3n) is 4.01. The van der Waals surface area contributed by atoms with E-state index in [0.717, 1.165) is 29.2 Å². The summed E-state index contributed by atoms with van der Waals surface area (Å²) in [5, 5.41) is 4.47. The van der Waals surface area contributed by atoms with Gasteiger partial charge in [-0.3, -0.25) is 4.68 Å². The Morgan fingerprint density at radius 2 is 1.83 bits per heavy atom. The summed E-state index contributed by atoms with van der Waals surface area (Å²) < 4.78 is 1.89. The molecule has 0 unspecified atom stereocenters. The highest BCUT2D eigenvalue weighted by Gasteiger charge is 2.14. The van der Waals surface area contributed by atoms with Crippen molar-refractivity contribution in [2.75, 3.05) is 11.9 Å². The fraction of sp³-hybridized carbons (Fsp3) is 0.278. The van der Waals surface area contributed by atoms with E-state index in [0.29, 0.717) is 5.95 Å². The van der Waals surface area contributed by atoms with Crippen LogP contribution in [0.5, 0.6) is 0 Å². The Morgan fingerprint density at radius 1 is 1.09 bits per heavy atom. The fourth-order valence-corrected chi connectivity index (χ4v) is 2.74. The van der Waals surface area contributed by atoms with Crippen LogP contribution in [0, 0.1) is 13.8 Å². The molecule has 0 aliphatic heterocycles. The molecule has 0 N–H and O–H groups in total. The van der Waals surface area contributed by atoms with Crippen LogP contribution in [0.2, 0.25) is 0 Å². The Hall–Kier alpha value is -2.69. The number of anilines is 1. The second kappa shape index (κ2) is 6.20. The zero-order valence-electron chi connectivity index (χ0n) is 14.0. The molecule has 0 fully saturated rings. The normalized spacial score (nSPS) is 10.8. The lowest BCUT2D eigenvalue weighted by Crippen LogP contribution is -2.19. The van der Waals surface area contributed by atoms with Crippen molar-refractivity contribution in [1.29, 1.82) is 0 Å². The Bertz CT molecular complexity index is 808. The zero-order chi connectivity index (χ0) is 16.4. The van der Waals surface area contributed by atoms with E-state index >= 15 is 0 Å². The van der Waals surface area contributed by atoms with Crippen molar-refractivity contribution in [3.05, 3.63) is 59.5 Å². The fourth-order valence-electron chi connectivity index (χ4n) is 2.74. The predicted molar refractivity (Wildman–Crippen MR) is 92.3 cm³/mol. The maximum Gasteiger partial charge on any atom is 0.225 e. The lowest BCUT2D eigenvalue weighted by molar-refractivity contribution is 0.731. The summed E-state index contributed by atoms with van der Waals surface area (Å²) in [7, 11) is 3.96. The molecule has 0 radical (unpaired) electrons. The molecule has 2 aromatic heterocycles. The first kappa shape index (κ1) is 15.2. The summed E-state index contributed by atoms with van der Waals surface area (Å²) in [4.78, 5) is 11.2. The van der Waals surface area contributed by atoms with Crippen molar-refractivity contribution in [2.45, 2.75) is 20.4 Å². The topological polar surface area (TPSA) is 46.8 Å². The molecule has 0 spiro atoms. The number of aryl methyl sites for hydroxylation is 2. The molecule has 0 aliphatic carbocycles. The molecule has 23 heavy (non-hydrogen) atoms. The van der Waals surface area contributed by atoms with Gasteiger partial charge in [-0.25, -0.2) is 9.97 Å². The zero-order valence-corrected chi connectivity index (χ0v) is 14.0. The summed E-state index contributed by atoms with van der Waals surface area (Å²) in [6.07, 6.45) is 1.81. The van der Waals surface area contributed by atoms with Crippen LogP contribution in [-0.2, 0) is 13.6 Å². The van der Waals surface area contributed by atoms with E-state index in [-0.39, 0.29) is 0 Å². The van der Waals surface area contributed by atoms with Gasteiger partial charge in [-0.1, -0.05) is 30.3 Å². The lowest BCUT2D eigenvalue weighted by atomic mass is 10.1. The predicted octanol–water partition coefficient (Wildman–Crippen LogP) is 3.13. The van der Waals surface area contributed by atoms with Gasteiger partial charge in [-0.2, -0.15) is 5.10 Å². The second-order valence-electron chi connectivity index (χ2n) is 5.75. The molecule has 0 saturated carbocycles. The number of aromatic nitrogens is 4. The van der Waals surface area contributed by atoms with Gasteiger partial charge < -0.3 is 4.90 Å². The van der Waals surface area contributed by atoms with E-state index in [2.05, 4.69) is 34.0 Å². The summed E-state index contributed by atoms with van der Waals surface area (Å²) >= 11 is 0. The monoisotopic (exact) mass is 307 g/mol. The molecule has 0 atom stereocenters. The lowest BCUT2D eigenvalue weighted by Gasteiger charge is -2.17. The van der Waals surface area contributed by atoms with Crippen molar-refractivity contribution in [2.24, 2.45) is 7.05 Å². The number of rotatable bonds is 4. The van der Waals surface area contributed by atoms with Gasteiger partial charge in [0.25, 0.3) is 0 Å². The summed E-state index contributed by atoms with van der Waals surface area (Å²) in [6, 6.07) is 12.3. The van der Waals surface area contributed by atoms with Crippen LogP contribution in [0.1, 0.15) is 17.0 Å². The molecule has 2 heterocycles. The molecule has 118 valence electrons. The number of hydrogen-bond donors (Lipinski definition) is 0. The molecule has 0 saturated heterocycles. The summed E-state index contributed by atoms with van der Waals surface area (Å²) in [5.74, 6) is 0.717. The molecule has 5 heteroatoms. The minimum Gasteiger partial charge on any atom is -0.340 e. The highest BCUT2D eigenvalue weighted by molar-refractivity contribution is 5.65. The average Bonchev–Trinajstić information content (AvgIpc) is 2.81. The highest BCUT2D eigenvalue weighted by atomic mass is 15.3. The molecule has 3 rings (SSSR count). The Balaban J connectivity index is 1.91. The van der Waals surface area contributed by atoms with Crippen LogP contribution < -0.4 is 4.90 Å². The van der Waals surface area contributed by atoms with Crippen molar-refractivity contribution < 1.29 is 0 Å². The van der Waals surface area contributed by atoms with E-state index in [1.807, 2.05) is 56.2 Å². The van der Waals surface area contributed by atoms with Gasteiger partial charge in [-0.15, -0.1) is 0 Å². The van der Waals surface area contributed by atoms with E-state index in [1.165, 1.54) is 5.56 Å². The van der Waals surface area contributed by atoms with E-state index in [9.17, 15) is 0 Å². The van der Waals surface area contributed by atoms with Gasteiger partial charge in [0.2, 0.25) is 5.95 Å². The maximum atomic E-state index is 4.74. The second-order valence-corrected chi connectivity index (χ2v) is 5.75. The molecular weight excluding hydrogens is 286 g/mol. The molecule has 0 aliphatic rings. The molecule has 3 aromatic rings. The molecule has 1 aromatic carbocycles. The Labute approximate surface area is 136 Å². The van der Waals surface area contributed by atoms with E-state index < -0.39 is 0 Å². The first-order valence-corrected chi connectivity index (χ1v) is 7.65. The largest absolute Gasteiger partial charge is 0.340 e. The van der Waals surface area contributed by atoms with Gasteiger partial charge >= 0.3 is 0 Å². The summed E-state index contributed by atoms with van der Waals surface area (Å²) in [6.45, 7) is 4.85. The smallest absolute Gasteiger partial charge is 0.225 e.